The van der Waals surface area contributed by atoms with Crippen LogP contribution in [0.15, 0.2) is 0 Å². The Bertz CT molecular complexity index is 235. The highest BCUT2D eigenvalue weighted by molar-refractivity contribution is 4.84. The van der Waals surface area contributed by atoms with Gasteiger partial charge in [0.15, 0.2) is 0 Å². The van der Waals surface area contributed by atoms with Gasteiger partial charge in [-0.05, 0) is 45.1 Å². The first kappa shape index (κ1) is 15.3. The van der Waals surface area contributed by atoms with E-state index >= 15 is 0 Å². The van der Waals surface area contributed by atoms with E-state index in [-0.39, 0.29) is 0 Å². The van der Waals surface area contributed by atoms with Crippen molar-refractivity contribution in [2.75, 3.05) is 33.4 Å². The van der Waals surface area contributed by atoms with Gasteiger partial charge in [-0.2, -0.15) is 0 Å². The van der Waals surface area contributed by atoms with Crippen LogP contribution in [-0.2, 0) is 4.74 Å². The Morgan fingerprint density at radius 1 is 1.16 bits per heavy atom. The monoisotopic (exact) mass is 268 g/mol. The van der Waals surface area contributed by atoms with Crippen LogP contribution in [0.5, 0.6) is 0 Å². The molecule has 0 aromatic rings. The molecule has 19 heavy (non-hydrogen) atoms. The number of hydrogen-bond acceptors (Lipinski definition) is 3. The average Bonchev–Trinajstić information content (AvgIpc) is 2.96. The number of nitrogens with zero attached hydrogens (tertiary/aromatic N) is 1. The summed E-state index contributed by atoms with van der Waals surface area (Å²) in [7, 11) is 1.82. The summed E-state index contributed by atoms with van der Waals surface area (Å²) in [4.78, 5) is 2.68. The number of nitrogens with one attached hydrogen (secondary N) is 1. The first-order valence-corrected chi connectivity index (χ1v) is 8.27. The lowest BCUT2D eigenvalue weighted by molar-refractivity contribution is 0.0824. The van der Waals surface area contributed by atoms with E-state index in [4.69, 9.17) is 4.74 Å². The van der Waals surface area contributed by atoms with Crippen molar-refractivity contribution in [3.8, 4) is 0 Å². The highest BCUT2D eigenvalue weighted by atomic mass is 16.5. The third-order valence-corrected chi connectivity index (χ3v) is 5.11. The van der Waals surface area contributed by atoms with E-state index in [2.05, 4.69) is 17.1 Å². The summed E-state index contributed by atoms with van der Waals surface area (Å²) >= 11 is 0. The third-order valence-electron chi connectivity index (χ3n) is 5.11. The van der Waals surface area contributed by atoms with Gasteiger partial charge in [-0.3, -0.25) is 4.90 Å². The van der Waals surface area contributed by atoms with Crippen molar-refractivity contribution in [1.29, 1.82) is 0 Å². The maximum Gasteiger partial charge on any atom is 0.0589 e. The van der Waals surface area contributed by atoms with E-state index in [9.17, 15) is 0 Å². The molecular weight excluding hydrogens is 236 g/mol. The average molecular weight is 268 g/mol. The second kappa shape index (κ2) is 8.23. The van der Waals surface area contributed by atoms with Gasteiger partial charge in [-0.1, -0.05) is 19.3 Å². The minimum absolute atomic E-state index is 0.711. The van der Waals surface area contributed by atoms with Crippen molar-refractivity contribution in [2.24, 2.45) is 5.92 Å². The van der Waals surface area contributed by atoms with E-state index in [0.717, 1.165) is 25.1 Å². The van der Waals surface area contributed by atoms with Crippen molar-refractivity contribution in [3.63, 3.8) is 0 Å². The molecule has 1 aliphatic carbocycles. The molecule has 0 amide bonds. The number of hydrogen-bond donors (Lipinski definition) is 1. The lowest BCUT2D eigenvalue weighted by Gasteiger charge is -2.38. The molecule has 1 saturated heterocycles. The van der Waals surface area contributed by atoms with Gasteiger partial charge in [0.2, 0.25) is 0 Å². The summed E-state index contributed by atoms with van der Waals surface area (Å²) in [6.45, 7) is 6.82. The molecule has 1 heterocycles. The normalized spacial score (nSPS) is 27.0. The van der Waals surface area contributed by atoms with Crippen LogP contribution in [0.25, 0.3) is 0 Å². The van der Waals surface area contributed by atoms with Crippen LogP contribution in [-0.4, -0.2) is 50.3 Å². The Labute approximate surface area is 119 Å². The molecular formula is C16H32N2O. The number of rotatable bonds is 7. The smallest absolute Gasteiger partial charge is 0.0589 e. The molecule has 0 spiro atoms. The summed E-state index contributed by atoms with van der Waals surface area (Å²) < 4.78 is 5.31. The van der Waals surface area contributed by atoms with Crippen LogP contribution >= 0.6 is 0 Å². The Morgan fingerprint density at radius 3 is 2.58 bits per heavy atom. The highest BCUT2D eigenvalue weighted by Gasteiger charge is 2.27. The molecule has 0 bridgehead atoms. The topological polar surface area (TPSA) is 24.5 Å². The molecule has 3 heteroatoms. The SMILES string of the molecule is COCCN(CC1CCCN1)C(C)C1CCCCC1. The zero-order valence-electron chi connectivity index (χ0n) is 12.9. The zero-order valence-corrected chi connectivity index (χ0v) is 12.9. The van der Waals surface area contributed by atoms with Crippen LogP contribution < -0.4 is 5.32 Å². The van der Waals surface area contributed by atoms with Gasteiger partial charge in [0.25, 0.3) is 0 Å². The zero-order chi connectivity index (χ0) is 13.5. The molecule has 3 nitrogen and oxygen atoms in total. The maximum atomic E-state index is 5.31. The summed E-state index contributed by atoms with van der Waals surface area (Å²) in [6, 6.07) is 1.43. The van der Waals surface area contributed by atoms with E-state index in [0.29, 0.717) is 6.04 Å². The molecule has 0 radical (unpaired) electrons. The fraction of sp³-hybridized carbons (Fsp3) is 1.00. The van der Waals surface area contributed by atoms with Crippen LogP contribution in [0.4, 0.5) is 0 Å². The second-order valence-electron chi connectivity index (χ2n) is 6.42. The highest BCUT2D eigenvalue weighted by Crippen LogP contribution is 2.29. The van der Waals surface area contributed by atoms with E-state index in [1.165, 1.54) is 58.0 Å². The molecule has 1 saturated carbocycles. The minimum Gasteiger partial charge on any atom is -0.383 e. The van der Waals surface area contributed by atoms with Gasteiger partial charge < -0.3 is 10.1 Å². The lowest BCUT2D eigenvalue weighted by atomic mass is 9.84. The van der Waals surface area contributed by atoms with Gasteiger partial charge in [-0.15, -0.1) is 0 Å². The van der Waals surface area contributed by atoms with Crippen molar-refractivity contribution in [3.05, 3.63) is 0 Å². The Morgan fingerprint density at radius 2 is 1.95 bits per heavy atom. The lowest BCUT2D eigenvalue weighted by Crippen LogP contribution is -2.47. The fourth-order valence-electron chi connectivity index (χ4n) is 3.78. The molecule has 1 aliphatic heterocycles. The molecule has 2 aliphatic rings. The minimum atomic E-state index is 0.711. The fourth-order valence-corrected chi connectivity index (χ4v) is 3.78. The Hall–Kier alpha value is -0.120. The van der Waals surface area contributed by atoms with Crippen molar-refractivity contribution in [1.82, 2.24) is 10.2 Å². The Kier molecular flexibility index (Phi) is 6.62. The van der Waals surface area contributed by atoms with Gasteiger partial charge in [0.05, 0.1) is 6.61 Å². The van der Waals surface area contributed by atoms with E-state index in [1.807, 2.05) is 7.11 Å². The summed E-state index contributed by atoms with van der Waals surface area (Å²) in [5.74, 6) is 0.909. The molecule has 0 aromatic heterocycles. The maximum absolute atomic E-state index is 5.31. The number of ether oxygens (including phenoxy) is 1. The summed E-state index contributed by atoms with van der Waals surface area (Å²) in [5, 5.41) is 3.64. The third kappa shape index (κ3) is 4.73. The van der Waals surface area contributed by atoms with Crippen LogP contribution in [0.1, 0.15) is 51.9 Å². The molecule has 2 rings (SSSR count). The van der Waals surface area contributed by atoms with Gasteiger partial charge in [0.1, 0.15) is 0 Å². The largest absolute Gasteiger partial charge is 0.383 e. The molecule has 2 fully saturated rings. The van der Waals surface area contributed by atoms with Gasteiger partial charge in [-0.25, -0.2) is 0 Å². The Balaban J connectivity index is 1.86. The van der Waals surface area contributed by atoms with Gasteiger partial charge in [0, 0.05) is 32.3 Å². The van der Waals surface area contributed by atoms with E-state index < -0.39 is 0 Å². The predicted molar refractivity (Wildman–Crippen MR) is 80.5 cm³/mol. The van der Waals surface area contributed by atoms with Crippen molar-refractivity contribution < 1.29 is 4.74 Å². The first-order chi connectivity index (χ1) is 9.31. The van der Waals surface area contributed by atoms with Crippen LogP contribution in [0, 0.1) is 5.92 Å². The molecule has 1 N–H and O–H groups in total. The number of methoxy groups -OCH3 is 1. The van der Waals surface area contributed by atoms with Crippen LogP contribution in [0.2, 0.25) is 0 Å². The van der Waals surface area contributed by atoms with Crippen molar-refractivity contribution in [2.45, 2.75) is 64.0 Å². The first-order valence-electron chi connectivity index (χ1n) is 8.27. The summed E-state index contributed by atoms with van der Waals surface area (Å²) in [6.07, 6.45) is 9.89. The summed E-state index contributed by atoms with van der Waals surface area (Å²) in [5.41, 5.74) is 0. The molecule has 2 atom stereocenters. The molecule has 0 aromatic carbocycles. The molecule has 112 valence electrons. The predicted octanol–water partition coefficient (Wildman–Crippen LogP) is 2.66. The standard InChI is InChI=1S/C16H32N2O/c1-14(15-7-4-3-5-8-15)18(11-12-19-2)13-16-9-6-10-17-16/h14-17H,3-13H2,1-2H3. The van der Waals surface area contributed by atoms with E-state index in [1.54, 1.807) is 0 Å². The second-order valence-corrected chi connectivity index (χ2v) is 6.42. The van der Waals surface area contributed by atoms with Gasteiger partial charge >= 0.3 is 0 Å². The van der Waals surface area contributed by atoms with Crippen molar-refractivity contribution >= 4 is 0 Å². The van der Waals surface area contributed by atoms with Crippen LogP contribution in [0.3, 0.4) is 0 Å². The quantitative estimate of drug-likeness (QED) is 0.768. The molecule has 2 unspecified atom stereocenters.